The third kappa shape index (κ3) is 8.68. The number of halogens is 1. The van der Waals surface area contributed by atoms with Crippen molar-refractivity contribution >= 4 is 50.7 Å². The summed E-state index contributed by atoms with van der Waals surface area (Å²) in [5.41, 5.74) is 8.97. The van der Waals surface area contributed by atoms with Crippen LogP contribution >= 0.6 is 11.6 Å². The average Bonchev–Trinajstić information content (AvgIpc) is 3.88. The van der Waals surface area contributed by atoms with Crippen molar-refractivity contribution < 1.29 is 9.53 Å². The largest absolute Gasteiger partial charge is 0.490 e. The van der Waals surface area contributed by atoms with Crippen LogP contribution in [0.5, 0.6) is 5.75 Å². The lowest BCUT2D eigenvalue weighted by Crippen LogP contribution is -2.41. The molecule has 3 aliphatic rings. The Labute approximate surface area is 388 Å². The summed E-state index contributed by atoms with van der Waals surface area (Å²) < 4.78 is 11.4. The molecular weight excluding hydrogens is 850 g/mol. The van der Waals surface area contributed by atoms with E-state index in [1.807, 2.05) is 45.8 Å². The third-order valence-corrected chi connectivity index (χ3v) is 14.1. The average molecular weight is 903 g/mol. The summed E-state index contributed by atoms with van der Waals surface area (Å²) in [6.45, 7) is 4.62. The van der Waals surface area contributed by atoms with Gasteiger partial charge in [-0.3, -0.25) is 28.5 Å². The van der Waals surface area contributed by atoms with Gasteiger partial charge in [0.1, 0.15) is 11.8 Å². The SMILES string of the molecule is Cn1cc(-c2cc3cccc(-c4cc(C5=CCN(CC6CCN(c7ccc(C(=O)NC8CCC(Oc9ccc(C#N)c(Cl)c9)CC8)nn7)CC6)CC5)c5c(c4)n(C)c(=O)n5C)c3cn2)cn1. The minimum Gasteiger partial charge on any atom is -0.490 e. The summed E-state index contributed by atoms with van der Waals surface area (Å²) in [6.07, 6.45) is 14.4. The van der Waals surface area contributed by atoms with E-state index < -0.39 is 0 Å². The Bertz CT molecular complexity index is 3090. The zero-order chi connectivity index (χ0) is 45.5. The molecule has 0 unspecified atom stereocenters. The minimum atomic E-state index is -0.210. The van der Waals surface area contributed by atoms with Crippen molar-refractivity contribution in [3.8, 4) is 34.2 Å². The topological polar surface area (TPSA) is 152 Å². The summed E-state index contributed by atoms with van der Waals surface area (Å²) in [6, 6.07) is 23.8. The predicted octanol–water partition coefficient (Wildman–Crippen LogP) is 7.93. The van der Waals surface area contributed by atoms with E-state index in [-0.39, 0.29) is 23.7 Å². The number of fused-ring (bicyclic) bond motifs is 2. The minimum absolute atomic E-state index is 0.0265. The Hall–Kier alpha value is -6.82. The standard InChI is InChI=1S/C51H52ClN11O3/c1-59-31-37(28-55-59)46-24-34-5-4-6-41(43(34)29-54-46)36-23-42(49-47(25-36)60(2)51(65)61(49)3)33-17-19-62(20-18-33)30-32-15-21-63(22-16-32)48-14-13-45(57-58-48)50(64)56-38-8-11-39(12-9-38)66-40-10-7-35(27-53)44(52)26-40/h4-7,10,13-14,17,23-26,28-29,31-32,38-39H,8-9,11-12,15-16,18-22,30H2,1-3H3,(H,56,64). The number of aromatic nitrogens is 7. The molecule has 0 spiro atoms. The van der Waals surface area contributed by atoms with E-state index in [9.17, 15) is 9.59 Å². The van der Waals surface area contributed by atoms with Crippen LogP contribution in [0.1, 0.15) is 66.6 Å². The van der Waals surface area contributed by atoms with Gasteiger partial charge >= 0.3 is 5.69 Å². The molecule has 0 bridgehead atoms. The van der Waals surface area contributed by atoms with Crippen LogP contribution in [0, 0.1) is 17.2 Å². The first-order chi connectivity index (χ1) is 32.1. The van der Waals surface area contributed by atoms with Crippen molar-refractivity contribution in [3.05, 3.63) is 124 Å². The van der Waals surface area contributed by atoms with Gasteiger partial charge in [-0.05, 0) is 115 Å². The molecule has 2 fully saturated rings. The van der Waals surface area contributed by atoms with E-state index in [2.05, 4.69) is 79.0 Å². The molecule has 1 N–H and O–H groups in total. The molecule has 0 atom stereocenters. The molecule has 66 heavy (non-hydrogen) atoms. The van der Waals surface area contributed by atoms with Gasteiger partial charge in [0.15, 0.2) is 11.5 Å². The van der Waals surface area contributed by atoms with E-state index in [4.69, 9.17) is 26.6 Å². The Kier molecular flexibility index (Phi) is 11.9. The fourth-order valence-corrected chi connectivity index (χ4v) is 10.3. The van der Waals surface area contributed by atoms with E-state index in [1.54, 1.807) is 38.1 Å². The summed E-state index contributed by atoms with van der Waals surface area (Å²) in [5.74, 6) is 1.81. The quantitative estimate of drug-likeness (QED) is 0.143. The molecule has 1 aliphatic carbocycles. The molecule has 1 saturated carbocycles. The number of carbonyl (C=O) groups excluding carboxylic acids is 1. The second-order valence-electron chi connectivity index (χ2n) is 18.1. The zero-order valence-corrected chi connectivity index (χ0v) is 38.2. The highest BCUT2D eigenvalue weighted by Crippen LogP contribution is 2.37. The van der Waals surface area contributed by atoms with Gasteiger partial charge < -0.3 is 15.0 Å². The highest BCUT2D eigenvalue weighted by atomic mass is 35.5. The van der Waals surface area contributed by atoms with Crippen LogP contribution in [0.4, 0.5) is 5.82 Å². The van der Waals surface area contributed by atoms with Crippen LogP contribution in [-0.4, -0.2) is 89.8 Å². The number of benzene rings is 3. The van der Waals surface area contributed by atoms with Crippen LogP contribution in [-0.2, 0) is 21.1 Å². The number of hydrogen-bond acceptors (Lipinski definition) is 10. The smallest absolute Gasteiger partial charge is 0.328 e. The molecule has 7 aromatic rings. The van der Waals surface area contributed by atoms with E-state index in [0.717, 1.165) is 133 Å². The summed E-state index contributed by atoms with van der Waals surface area (Å²) in [4.78, 5) is 36.2. The van der Waals surface area contributed by atoms with E-state index in [1.165, 1.54) is 5.57 Å². The summed E-state index contributed by atoms with van der Waals surface area (Å²) in [7, 11) is 5.64. The molecule has 3 aromatic carbocycles. The number of nitrogens with zero attached hydrogens (tertiary/aromatic N) is 10. The number of hydrogen-bond donors (Lipinski definition) is 1. The fourth-order valence-electron chi connectivity index (χ4n) is 10.1. The number of nitriles is 1. The van der Waals surface area contributed by atoms with Crippen LogP contribution < -0.4 is 20.6 Å². The number of piperidine rings is 1. The summed E-state index contributed by atoms with van der Waals surface area (Å²) >= 11 is 6.18. The normalized spacial score (nSPS) is 18.3. The van der Waals surface area contributed by atoms with Gasteiger partial charge in [-0.1, -0.05) is 35.9 Å². The number of rotatable bonds is 10. The number of imidazole rings is 1. The number of amides is 1. The van der Waals surface area contributed by atoms with Crippen LogP contribution in [0.25, 0.3) is 49.8 Å². The molecule has 4 aromatic heterocycles. The number of nitrogens with one attached hydrogen (secondary N) is 1. The third-order valence-electron chi connectivity index (χ3n) is 13.8. The predicted molar refractivity (Wildman–Crippen MR) is 257 cm³/mol. The van der Waals surface area contributed by atoms with Crippen LogP contribution in [0.15, 0.2) is 96.2 Å². The van der Waals surface area contributed by atoms with Gasteiger partial charge in [0.2, 0.25) is 0 Å². The lowest BCUT2D eigenvalue weighted by atomic mass is 9.91. The van der Waals surface area contributed by atoms with Crippen molar-refractivity contribution in [2.24, 2.45) is 27.1 Å². The Balaban J connectivity index is 0.743. The van der Waals surface area contributed by atoms with Gasteiger partial charge in [-0.25, -0.2) is 4.79 Å². The first-order valence-corrected chi connectivity index (χ1v) is 23.2. The fraction of sp³-hybridized carbons (Fsp3) is 0.353. The number of anilines is 1. The highest BCUT2D eigenvalue weighted by molar-refractivity contribution is 6.31. The molecular formula is C51H52ClN11O3. The molecule has 0 radical (unpaired) electrons. The first-order valence-electron chi connectivity index (χ1n) is 22.8. The van der Waals surface area contributed by atoms with Crippen LogP contribution in [0.3, 0.4) is 0 Å². The van der Waals surface area contributed by atoms with Gasteiger partial charge in [0.05, 0.1) is 39.6 Å². The van der Waals surface area contributed by atoms with Crippen molar-refractivity contribution in [3.63, 3.8) is 0 Å². The van der Waals surface area contributed by atoms with Gasteiger partial charge in [0, 0.05) is 94.9 Å². The van der Waals surface area contributed by atoms with Gasteiger partial charge in [-0.2, -0.15) is 10.4 Å². The Morgan fingerprint density at radius 1 is 0.894 bits per heavy atom. The summed E-state index contributed by atoms with van der Waals surface area (Å²) in [5, 5.41) is 28.0. The second-order valence-corrected chi connectivity index (χ2v) is 18.5. The molecule has 1 saturated heterocycles. The maximum Gasteiger partial charge on any atom is 0.328 e. The van der Waals surface area contributed by atoms with E-state index >= 15 is 0 Å². The zero-order valence-electron chi connectivity index (χ0n) is 37.5. The lowest BCUT2D eigenvalue weighted by Gasteiger charge is -2.36. The van der Waals surface area contributed by atoms with Gasteiger partial charge in [0.25, 0.3) is 5.91 Å². The Morgan fingerprint density at radius 3 is 2.44 bits per heavy atom. The van der Waals surface area contributed by atoms with Crippen molar-refractivity contribution in [2.45, 2.75) is 57.1 Å². The molecule has 2 aliphatic heterocycles. The number of pyridine rings is 1. The highest BCUT2D eigenvalue weighted by Gasteiger charge is 2.27. The van der Waals surface area contributed by atoms with Crippen molar-refractivity contribution in [1.82, 2.24) is 44.3 Å². The number of ether oxygens (including phenoxy) is 1. The molecule has 6 heterocycles. The number of carbonyl (C=O) groups is 1. The lowest BCUT2D eigenvalue weighted by molar-refractivity contribution is 0.0888. The van der Waals surface area contributed by atoms with Crippen molar-refractivity contribution in [1.29, 1.82) is 5.26 Å². The first kappa shape index (κ1) is 43.1. The molecule has 15 heteroatoms. The second kappa shape index (κ2) is 18.2. The molecule has 336 valence electrons. The maximum atomic E-state index is 13.4. The maximum absolute atomic E-state index is 13.4. The van der Waals surface area contributed by atoms with E-state index in [0.29, 0.717) is 27.9 Å². The monoisotopic (exact) mass is 901 g/mol. The van der Waals surface area contributed by atoms with Crippen LogP contribution in [0.2, 0.25) is 5.02 Å². The molecule has 1 amide bonds. The van der Waals surface area contributed by atoms with Crippen molar-refractivity contribution in [2.75, 3.05) is 37.6 Å². The number of aryl methyl sites for hydroxylation is 3. The molecule has 14 nitrogen and oxygen atoms in total. The van der Waals surface area contributed by atoms with Gasteiger partial charge in [-0.15, -0.1) is 10.2 Å². The molecule has 10 rings (SSSR count). The Morgan fingerprint density at radius 2 is 1.73 bits per heavy atom.